The fourth-order valence-corrected chi connectivity index (χ4v) is 2.70. The van der Waals surface area contributed by atoms with Crippen LogP contribution in [0.1, 0.15) is 16.5 Å². The largest absolute Gasteiger partial charge is 0.496 e. The minimum atomic E-state index is -0.638. The third kappa shape index (κ3) is 2.50. The van der Waals surface area contributed by atoms with Crippen LogP contribution in [0.2, 0.25) is 0 Å². The molecule has 0 radical (unpaired) electrons. The Morgan fingerprint density at radius 2 is 1.94 bits per heavy atom. The van der Waals surface area contributed by atoms with E-state index in [0.717, 1.165) is 10.9 Å². The number of rotatable bonds is 4. The van der Waals surface area contributed by atoms with Crippen molar-refractivity contribution in [1.82, 2.24) is 5.43 Å². The molecule has 0 aliphatic carbocycles. The molecule has 3 nitrogen and oxygen atoms in total. The van der Waals surface area contributed by atoms with Gasteiger partial charge < -0.3 is 4.74 Å². The molecular weight excluding hydrogens is 258 g/mol. The topological polar surface area (TPSA) is 47.3 Å². The smallest absolute Gasteiger partial charge is 0.134 e. The second-order valence-corrected chi connectivity index (χ2v) is 4.60. The highest BCUT2D eigenvalue weighted by atomic mass is 32.1. The standard InChI is InChI=1S/C12H12F2N2OS/c1-17-10-2-3-18-12(10)11(16-15)7-4-8(13)6-9(14)5-7/h2-6,11,16H,15H2,1H3. The van der Waals surface area contributed by atoms with Crippen molar-refractivity contribution in [2.75, 3.05) is 7.11 Å². The summed E-state index contributed by atoms with van der Waals surface area (Å²) in [7, 11) is 1.53. The summed E-state index contributed by atoms with van der Waals surface area (Å²) < 4.78 is 31.6. The van der Waals surface area contributed by atoms with Gasteiger partial charge in [0, 0.05) is 6.07 Å². The van der Waals surface area contributed by atoms with Gasteiger partial charge in [-0.1, -0.05) is 0 Å². The van der Waals surface area contributed by atoms with E-state index >= 15 is 0 Å². The van der Waals surface area contributed by atoms with E-state index in [9.17, 15) is 8.78 Å². The molecule has 0 aliphatic rings. The van der Waals surface area contributed by atoms with Gasteiger partial charge in [-0.25, -0.2) is 14.2 Å². The minimum Gasteiger partial charge on any atom is -0.496 e. The van der Waals surface area contributed by atoms with Gasteiger partial charge in [-0.15, -0.1) is 11.3 Å². The molecule has 0 amide bonds. The zero-order valence-corrected chi connectivity index (χ0v) is 10.4. The molecule has 0 bridgehead atoms. The first-order valence-corrected chi connectivity index (χ1v) is 6.07. The molecule has 96 valence electrons. The molecule has 0 fully saturated rings. The molecule has 1 heterocycles. The molecule has 3 N–H and O–H groups in total. The molecule has 1 aromatic carbocycles. The Morgan fingerprint density at radius 3 is 2.50 bits per heavy atom. The van der Waals surface area contributed by atoms with Crippen LogP contribution in [-0.2, 0) is 0 Å². The van der Waals surface area contributed by atoms with E-state index < -0.39 is 17.7 Å². The Kier molecular flexibility index (Phi) is 3.90. The van der Waals surface area contributed by atoms with Crippen LogP contribution in [0, 0.1) is 11.6 Å². The van der Waals surface area contributed by atoms with Gasteiger partial charge in [0.1, 0.15) is 17.4 Å². The zero-order valence-electron chi connectivity index (χ0n) is 9.61. The summed E-state index contributed by atoms with van der Waals surface area (Å²) in [6, 6.07) is 4.58. The van der Waals surface area contributed by atoms with Crippen LogP contribution in [0.25, 0.3) is 0 Å². The lowest BCUT2D eigenvalue weighted by Gasteiger charge is -2.16. The summed E-state index contributed by atoms with van der Waals surface area (Å²) in [5.74, 6) is 4.83. The molecule has 18 heavy (non-hydrogen) atoms. The van der Waals surface area contributed by atoms with E-state index in [1.165, 1.54) is 30.6 Å². The van der Waals surface area contributed by atoms with Crippen molar-refractivity contribution in [1.29, 1.82) is 0 Å². The molecule has 1 atom stereocenters. The van der Waals surface area contributed by atoms with E-state index in [-0.39, 0.29) is 0 Å². The highest BCUT2D eigenvalue weighted by Crippen LogP contribution is 2.34. The van der Waals surface area contributed by atoms with E-state index in [1.807, 2.05) is 5.38 Å². The van der Waals surface area contributed by atoms with Crippen LogP contribution in [0.15, 0.2) is 29.6 Å². The van der Waals surface area contributed by atoms with Crippen LogP contribution in [0.4, 0.5) is 8.78 Å². The fourth-order valence-electron chi connectivity index (χ4n) is 1.75. The maximum atomic E-state index is 13.2. The number of hydrogen-bond donors (Lipinski definition) is 2. The molecule has 0 aliphatic heterocycles. The Hall–Kier alpha value is -1.50. The summed E-state index contributed by atoms with van der Waals surface area (Å²) in [6.45, 7) is 0. The van der Waals surface area contributed by atoms with Crippen LogP contribution in [0.3, 0.4) is 0 Å². The Labute approximate surface area is 107 Å². The Balaban J connectivity index is 2.45. The molecular formula is C12H12F2N2OS. The quantitative estimate of drug-likeness (QED) is 0.663. The van der Waals surface area contributed by atoms with E-state index in [2.05, 4.69) is 5.43 Å². The predicted octanol–water partition coefficient (Wildman–Crippen LogP) is 2.59. The number of nitrogens with two attached hydrogens (primary N) is 1. The average Bonchev–Trinajstić information content (AvgIpc) is 2.77. The van der Waals surface area contributed by atoms with Crippen molar-refractivity contribution < 1.29 is 13.5 Å². The lowest BCUT2D eigenvalue weighted by Crippen LogP contribution is -2.28. The lowest BCUT2D eigenvalue weighted by atomic mass is 10.1. The number of hydrogen-bond acceptors (Lipinski definition) is 4. The van der Waals surface area contributed by atoms with Crippen LogP contribution in [0.5, 0.6) is 5.75 Å². The number of benzene rings is 1. The highest BCUT2D eigenvalue weighted by molar-refractivity contribution is 7.10. The SMILES string of the molecule is COc1ccsc1C(NN)c1cc(F)cc(F)c1. The second kappa shape index (κ2) is 5.43. The molecule has 6 heteroatoms. The van der Waals surface area contributed by atoms with Crippen LogP contribution < -0.4 is 16.0 Å². The monoisotopic (exact) mass is 270 g/mol. The summed E-state index contributed by atoms with van der Waals surface area (Å²) >= 11 is 1.40. The molecule has 2 rings (SSSR count). The van der Waals surface area contributed by atoms with Crippen molar-refractivity contribution in [2.45, 2.75) is 6.04 Å². The Morgan fingerprint density at radius 1 is 1.28 bits per heavy atom. The van der Waals surface area contributed by atoms with Crippen molar-refractivity contribution in [3.63, 3.8) is 0 Å². The summed E-state index contributed by atoms with van der Waals surface area (Å²) in [5, 5.41) is 1.83. The molecule has 2 aromatic rings. The molecule has 0 saturated carbocycles. The third-order valence-electron chi connectivity index (χ3n) is 2.52. The van der Waals surface area contributed by atoms with Crippen molar-refractivity contribution >= 4 is 11.3 Å². The molecule has 1 aromatic heterocycles. The predicted molar refractivity (Wildman–Crippen MR) is 66.4 cm³/mol. The first kappa shape index (κ1) is 12.9. The Bertz CT molecular complexity index is 524. The number of methoxy groups -OCH3 is 1. The normalized spacial score (nSPS) is 12.4. The van der Waals surface area contributed by atoms with Gasteiger partial charge in [-0.2, -0.15) is 0 Å². The van der Waals surface area contributed by atoms with Gasteiger partial charge in [-0.3, -0.25) is 5.84 Å². The maximum absolute atomic E-state index is 13.2. The summed E-state index contributed by atoms with van der Waals surface area (Å²) in [6.07, 6.45) is 0. The minimum absolute atomic E-state index is 0.413. The second-order valence-electron chi connectivity index (χ2n) is 3.66. The number of nitrogens with one attached hydrogen (secondary N) is 1. The number of hydrazine groups is 1. The van der Waals surface area contributed by atoms with Gasteiger partial charge in [0.05, 0.1) is 18.0 Å². The highest BCUT2D eigenvalue weighted by Gasteiger charge is 2.19. The van der Waals surface area contributed by atoms with Gasteiger partial charge in [0.15, 0.2) is 0 Å². The maximum Gasteiger partial charge on any atom is 0.134 e. The van der Waals surface area contributed by atoms with E-state index in [1.54, 1.807) is 6.07 Å². The van der Waals surface area contributed by atoms with E-state index in [4.69, 9.17) is 10.6 Å². The van der Waals surface area contributed by atoms with Gasteiger partial charge >= 0.3 is 0 Å². The first-order valence-electron chi connectivity index (χ1n) is 5.19. The van der Waals surface area contributed by atoms with Crippen LogP contribution >= 0.6 is 11.3 Å². The zero-order chi connectivity index (χ0) is 13.1. The summed E-state index contributed by atoms with van der Waals surface area (Å²) in [4.78, 5) is 0.769. The van der Waals surface area contributed by atoms with E-state index in [0.29, 0.717) is 11.3 Å². The number of halogens is 2. The fraction of sp³-hybridized carbons (Fsp3) is 0.167. The number of thiophene rings is 1. The molecule has 0 saturated heterocycles. The molecule has 0 spiro atoms. The average molecular weight is 270 g/mol. The summed E-state index contributed by atoms with van der Waals surface area (Å²) in [5.41, 5.74) is 2.96. The van der Waals surface area contributed by atoms with Crippen molar-refractivity contribution in [3.8, 4) is 5.75 Å². The number of ether oxygens (including phenoxy) is 1. The lowest BCUT2D eigenvalue weighted by molar-refractivity contribution is 0.407. The van der Waals surface area contributed by atoms with Crippen LogP contribution in [-0.4, -0.2) is 7.11 Å². The van der Waals surface area contributed by atoms with Gasteiger partial charge in [0.25, 0.3) is 0 Å². The van der Waals surface area contributed by atoms with Crippen molar-refractivity contribution in [3.05, 3.63) is 51.7 Å². The molecule has 1 unspecified atom stereocenters. The van der Waals surface area contributed by atoms with Crippen molar-refractivity contribution in [2.24, 2.45) is 5.84 Å². The van der Waals surface area contributed by atoms with Gasteiger partial charge in [0.2, 0.25) is 0 Å². The third-order valence-corrected chi connectivity index (χ3v) is 3.49. The van der Waals surface area contributed by atoms with Gasteiger partial charge in [-0.05, 0) is 29.1 Å². The first-order chi connectivity index (χ1) is 8.65.